The predicted octanol–water partition coefficient (Wildman–Crippen LogP) is 7.05. The summed E-state index contributed by atoms with van der Waals surface area (Å²) in [5, 5.41) is 8.16. The Morgan fingerprint density at radius 1 is 0.684 bits per heavy atom. The smallest absolute Gasteiger partial charge is 0.343 e. The lowest BCUT2D eigenvalue weighted by Gasteiger charge is -2.22. The van der Waals surface area contributed by atoms with Crippen molar-refractivity contribution in [1.29, 1.82) is 0 Å². The Morgan fingerprint density at radius 3 is 2.00 bits per heavy atom. The largest absolute Gasteiger partial charge is 0.422 e. The number of fused-ring (bicyclic) bond motifs is 1. The highest BCUT2D eigenvalue weighted by molar-refractivity contribution is 6.11. The molecule has 5 heteroatoms. The molecular formula is C33H24N2O3. The number of carbonyl (C=O) groups is 2. The van der Waals surface area contributed by atoms with E-state index in [0.29, 0.717) is 34.6 Å². The highest BCUT2D eigenvalue weighted by atomic mass is 16.5. The van der Waals surface area contributed by atoms with Crippen LogP contribution in [-0.2, 0) is 0 Å². The molecule has 0 saturated carbocycles. The van der Waals surface area contributed by atoms with Crippen LogP contribution in [0.5, 0.6) is 5.75 Å². The van der Waals surface area contributed by atoms with Gasteiger partial charge in [-0.2, -0.15) is 5.10 Å². The lowest BCUT2D eigenvalue weighted by Crippen LogP contribution is -2.27. The fourth-order valence-electron chi connectivity index (χ4n) is 4.81. The van der Waals surface area contributed by atoms with E-state index in [1.165, 1.54) is 0 Å². The summed E-state index contributed by atoms with van der Waals surface area (Å²) in [6.45, 7) is 0. The summed E-state index contributed by atoms with van der Waals surface area (Å²) in [7, 11) is 0. The van der Waals surface area contributed by atoms with E-state index in [1.807, 2.05) is 91.0 Å². The average molecular weight is 497 g/mol. The maximum absolute atomic E-state index is 13.6. The molecule has 184 valence electrons. The van der Waals surface area contributed by atoms with Gasteiger partial charge in [0, 0.05) is 22.9 Å². The summed E-state index contributed by atoms with van der Waals surface area (Å²) in [4.78, 5) is 26.7. The molecule has 38 heavy (non-hydrogen) atoms. The second kappa shape index (κ2) is 10.1. The number of ether oxygens (including phenoxy) is 1. The van der Waals surface area contributed by atoms with Crippen molar-refractivity contribution in [3.63, 3.8) is 0 Å². The number of nitrogens with zero attached hydrogens (tertiary/aromatic N) is 2. The minimum Gasteiger partial charge on any atom is -0.422 e. The molecule has 1 amide bonds. The second-order valence-electron chi connectivity index (χ2n) is 9.11. The van der Waals surface area contributed by atoms with E-state index in [0.717, 1.165) is 16.3 Å². The van der Waals surface area contributed by atoms with E-state index < -0.39 is 5.97 Å². The van der Waals surface area contributed by atoms with Gasteiger partial charge >= 0.3 is 5.97 Å². The van der Waals surface area contributed by atoms with Crippen molar-refractivity contribution >= 4 is 28.4 Å². The zero-order valence-electron chi connectivity index (χ0n) is 20.5. The van der Waals surface area contributed by atoms with Crippen molar-refractivity contribution in [2.45, 2.75) is 12.5 Å². The Balaban J connectivity index is 1.46. The number of hydrogen-bond acceptors (Lipinski definition) is 4. The minimum absolute atomic E-state index is 0.182. The molecule has 5 aromatic rings. The molecule has 0 bridgehead atoms. The van der Waals surface area contributed by atoms with Gasteiger partial charge < -0.3 is 4.74 Å². The average Bonchev–Trinajstić information content (AvgIpc) is 3.43. The highest BCUT2D eigenvalue weighted by Crippen LogP contribution is 2.38. The molecule has 1 heterocycles. The summed E-state index contributed by atoms with van der Waals surface area (Å²) >= 11 is 0. The fraction of sp³-hybridized carbons (Fsp3) is 0.0606. The molecule has 0 saturated heterocycles. The zero-order chi connectivity index (χ0) is 25.9. The van der Waals surface area contributed by atoms with Crippen molar-refractivity contribution in [1.82, 2.24) is 5.01 Å². The van der Waals surface area contributed by atoms with Gasteiger partial charge in [0.05, 0.1) is 17.3 Å². The molecule has 0 aromatic heterocycles. The SMILES string of the molecule is O=C(Oc1c(C2=NN(C(=O)c3ccccc3)C(c3ccccc3)C2)ccc2ccccc12)c1ccccc1. The Bertz CT molecular complexity index is 1650. The summed E-state index contributed by atoms with van der Waals surface area (Å²) in [6.07, 6.45) is 0.483. The van der Waals surface area contributed by atoms with Crippen LogP contribution in [0, 0.1) is 0 Å². The van der Waals surface area contributed by atoms with Gasteiger partial charge in [0.25, 0.3) is 5.91 Å². The predicted molar refractivity (Wildman–Crippen MR) is 148 cm³/mol. The van der Waals surface area contributed by atoms with Crippen LogP contribution in [0.2, 0.25) is 0 Å². The number of hydrazone groups is 1. The Hall–Kier alpha value is -5.03. The molecule has 5 nitrogen and oxygen atoms in total. The molecule has 0 radical (unpaired) electrons. The van der Waals surface area contributed by atoms with Crippen LogP contribution < -0.4 is 4.74 Å². The van der Waals surface area contributed by atoms with Crippen molar-refractivity contribution in [3.05, 3.63) is 150 Å². The molecule has 0 N–H and O–H groups in total. The van der Waals surface area contributed by atoms with Crippen LogP contribution in [0.15, 0.2) is 132 Å². The summed E-state index contributed by atoms with van der Waals surface area (Å²) in [5.74, 6) is -0.187. The summed E-state index contributed by atoms with van der Waals surface area (Å²) in [5.41, 5.74) is 3.39. The first-order valence-electron chi connectivity index (χ1n) is 12.5. The maximum Gasteiger partial charge on any atom is 0.343 e. The number of esters is 1. The quantitative estimate of drug-likeness (QED) is 0.193. The first-order valence-corrected chi connectivity index (χ1v) is 12.5. The van der Waals surface area contributed by atoms with Gasteiger partial charge in [-0.25, -0.2) is 9.80 Å². The van der Waals surface area contributed by atoms with Crippen LogP contribution >= 0.6 is 0 Å². The first kappa shape index (κ1) is 23.4. The number of carbonyl (C=O) groups excluding carboxylic acids is 2. The van der Waals surface area contributed by atoms with Gasteiger partial charge in [-0.05, 0) is 41.3 Å². The summed E-state index contributed by atoms with van der Waals surface area (Å²) < 4.78 is 6.06. The molecule has 1 aliphatic heterocycles. The van der Waals surface area contributed by atoms with E-state index in [4.69, 9.17) is 9.84 Å². The van der Waals surface area contributed by atoms with Gasteiger partial charge in [-0.15, -0.1) is 0 Å². The van der Waals surface area contributed by atoms with Gasteiger partial charge in [-0.3, -0.25) is 4.79 Å². The number of benzene rings is 5. The highest BCUT2D eigenvalue weighted by Gasteiger charge is 2.35. The summed E-state index contributed by atoms with van der Waals surface area (Å²) in [6, 6.07) is 39.4. The Labute approximate surface area is 220 Å². The van der Waals surface area contributed by atoms with E-state index in [-0.39, 0.29) is 11.9 Å². The zero-order valence-corrected chi connectivity index (χ0v) is 20.5. The van der Waals surface area contributed by atoms with E-state index >= 15 is 0 Å². The molecule has 0 aliphatic carbocycles. The van der Waals surface area contributed by atoms with Crippen molar-refractivity contribution < 1.29 is 14.3 Å². The first-order chi connectivity index (χ1) is 18.7. The van der Waals surface area contributed by atoms with E-state index in [2.05, 4.69) is 0 Å². The normalized spacial score (nSPS) is 14.8. The lowest BCUT2D eigenvalue weighted by molar-refractivity contribution is 0.0708. The van der Waals surface area contributed by atoms with Crippen molar-refractivity contribution in [3.8, 4) is 5.75 Å². The molecule has 1 atom stereocenters. The monoisotopic (exact) mass is 496 g/mol. The van der Waals surface area contributed by atoms with Crippen molar-refractivity contribution in [2.24, 2.45) is 5.10 Å². The maximum atomic E-state index is 13.6. The fourth-order valence-corrected chi connectivity index (χ4v) is 4.81. The van der Waals surface area contributed by atoms with E-state index in [1.54, 1.807) is 41.4 Å². The molecular weight excluding hydrogens is 472 g/mol. The van der Waals surface area contributed by atoms with Gasteiger partial charge in [0.1, 0.15) is 5.75 Å². The van der Waals surface area contributed by atoms with Crippen LogP contribution in [0.25, 0.3) is 10.8 Å². The molecule has 0 spiro atoms. The number of hydrogen-bond donors (Lipinski definition) is 0. The minimum atomic E-state index is -0.446. The van der Waals surface area contributed by atoms with E-state index in [9.17, 15) is 9.59 Å². The number of rotatable bonds is 5. The lowest BCUT2D eigenvalue weighted by atomic mass is 9.95. The standard InChI is InChI=1S/C33H24N2O3/c36-32(25-15-6-2-7-16-25)35-30(24-13-4-1-5-14-24)22-29(34-35)28-21-20-23-12-10-11-19-27(23)31(28)38-33(37)26-17-8-3-9-18-26/h1-21,30H,22H2. The second-order valence-corrected chi connectivity index (χ2v) is 9.11. The topological polar surface area (TPSA) is 59.0 Å². The van der Waals surface area contributed by atoms with Crippen LogP contribution in [0.4, 0.5) is 0 Å². The number of amides is 1. The van der Waals surface area contributed by atoms with Gasteiger partial charge in [-0.1, -0.05) is 97.1 Å². The molecule has 1 unspecified atom stereocenters. The van der Waals surface area contributed by atoms with Gasteiger partial charge in [0.15, 0.2) is 0 Å². The third-order valence-corrected chi connectivity index (χ3v) is 6.72. The Morgan fingerprint density at radius 2 is 1.29 bits per heavy atom. The van der Waals surface area contributed by atoms with Gasteiger partial charge in [0.2, 0.25) is 0 Å². The molecule has 6 rings (SSSR count). The Kier molecular flexibility index (Phi) is 6.24. The van der Waals surface area contributed by atoms with Crippen LogP contribution in [0.3, 0.4) is 0 Å². The third-order valence-electron chi connectivity index (χ3n) is 6.72. The van der Waals surface area contributed by atoms with Crippen LogP contribution in [-0.4, -0.2) is 22.6 Å². The van der Waals surface area contributed by atoms with Crippen molar-refractivity contribution in [2.75, 3.05) is 0 Å². The molecule has 5 aromatic carbocycles. The third kappa shape index (κ3) is 4.46. The molecule has 0 fully saturated rings. The van der Waals surface area contributed by atoms with Crippen LogP contribution in [0.1, 0.15) is 44.3 Å². The molecule has 1 aliphatic rings.